The Balaban J connectivity index is 1.39. The van der Waals surface area contributed by atoms with E-state index in [1.807, 2.05) is 37.3 Å². The normalized spacial score (nSPS) is 20.6. The smallest absolute Gasteiger partial charge is 0.227 e. The summed E-state index contributed by atoms with van der Waals surface area (Å²) >= 11 is 0. The molecule has 0 saturated carbocycles. The fraction of sp³-hybridized carbons (Fsp3) is 0.682. The zero-order valence-electron chi connectivity index (χ0n) is 19.3. The number of rotatable bonds is 6. The van der Waals surface area contributed by atoms with Crippen LogP contribution in [0.25, 0.3) is 0 Å². The summed E-state index contributed by atoms with van der Waals surface area (Å²) in [6, 6.07) is 0. The molecule has 10 heteroatoms. The molecule has 1 unspecified atom stereocenters. The van der Waals surface area contributed by atoms with E-state index in [4.69, 9.17) is 9.26 Å². The fourth-order valence-corrected chi connectivity index (χ4v) is 4.53. The van der Waals surface area contributed by atoms with Gasteiger partial charge in [0.1, 0.15) is 17.1 Å². The highest BCUT2D eigenvalue weighted by atomic mass is 16.5. The van der Waals surface area contributed by atoms with Crippen LogP contribution in [0.15, 0.2) is 4.52 Å². The van der Waals surface area contributed by atoms with Crippen LogP contribution in [0.2, 0.25) is 0 Å². The second-order valence-electron chi connectivity index (χ2n) is 9.39. The molecule has 1 atom stereocenters. The van der Waals surface area contributed by atoms with Gasteiger partial charge in [-0.25, -0.2) is 4.68 Å². The highest BCUT2D eigenvalue weighted by Gasteiger charge is 2.42. The third-order valence-corrected chi connectivity index (χ3v) is 6.32. The first-order valence-corrected chi connectivity index (χ1v) is 11.3. The van der Waals surface area contributed by atoms with Crippen LogP contribution >= 0.6 is 0 Å². The topological polar surface area (TPSA) is 115 Å². The third kappa shape index (κ3) is 4.69. The predicted molar refractivity (Wildman–Crippen MR) is 114 cm³/mol. The van der Waals surface area contributed by atoms with Crippen LogP contribution in [0.1, 0.15) is 61.5 Å². The molecule has 2 aliphatic rings. The number of aromatic nitrogens is 4. The van der Waals surface area contributed by atoms with E-state index >= 15 is 0 Å². The standard InChI is InChI=1S/C22H32N6O4/c1-14(2)8-20(29)23-10-18-19-11-31-22(13-28(19)26-24-18)6-5-7-27(12-22)21(30)9-17-15(3)25-32-16(17)4/h14H,5-13H2,1-4H3,(H,23,29). The van der Waals surface area contributed by atoms with Crippen LogP contribution in [0.3, 0.4) is 0 Å². The van der Waals surface area contributed by atoms with E-state index < -0.39 is 5.60 Å². The molecule has 0 aliphatic carbocycles. The molecule has 2 aromatic rings. The molecule has 10 nitrogen and oxygen atoms in total. The average molecular weight is 445 g/mol. The first-order chi connectivity index (χ1) is 15.3. The van der Waals surface area contributed by atoms with Gasteiger partial charge in [0.05, 0.1) is 44.0 Å². The molecule has 1 saturated heterocycles. The SMILES string of the molecule is Cc1noc(C)c1CC(=O)N1CCCC2(C1)Cn1nnc(CNC(=O)CC(C)C)c1CO2. The number of aryl methyl sites for hydroxylation is 2. The Hall–Kier alpha value is -2.75. The van der Waals surface area contributed by atoms with Crippen LogP contribution < -0.4 is 5.32 Å². The minimum atomic E-state index is -0.467. The van der Waals surface area contributed by atoms with Crippen LogP contribution in [0.4, 0.5) is 0 Å². The quantitative estimate of drug-likeness (QED) is 0.721. The van der Waals surface area contributed by atoms with E-state index in [9.17, 15) is 9.59 Å². The van der Waals surface area contributed by atoms with Crippen molar-refractivity contribution in [3.8, 4) is 0 Å². The zero-order chi connectivity index (χ0) is 22.9. The van der Waals surface area contributed by atoms with Crippen molar-refractivity contribution in [2.75, 3.05) is 13.1 Å². The maximum atomic E-state index is 13.0. The number of likely N-dealkylation sites (tertiary alicyclic amines) is 1. The van der Waals surface area contributed by atoms with E-state index in [-0.39, 0.29) is 18.2 Å². The van der Waals surface area contributed by atoms with E-state index in [1.165, 1.54) is 0 Å². The molecule has 174 valence electrons. The molecule has 0 bridgehead atoms. The summed E-state index contributed by atoms with van der Waals surface area (Å²) in [7, 11) is 0. The number of piperidine rings is 1. The Morgan fingerprint density at radius 3 is 2.78 bits per heavy atom. The van der Waals surface area contributed by atoms with Crippen molar-refractivity contribution in [3.05, 3.63) is 28.4 Å². The van der Waals surface area contributed by atoms with Gasteiger partial charge in [0.2, 0.25) is 11.8 Å². The van der Waals surface area contributed by atoms with Gasteiger partial charge in [-0.1, -0.05) is 24.2 Å². The predicted octanol–water partition coefficient (Wildman–Crippen LogP) is 1.68. The lowest BCUT2D eigenvalue weighted by Gasteiger charge is -2.44. The molecule has 1 fully saturated rings. The lowest BCUT2D eigenvalue weighted by molar-refractivity contribution is -0.152. The molecule has 4 heterocycles. The first-order valence-electron chi connectivity index (χ1n) is 11.3. The van der Waals surface area contributed by atoms with Gasteiger partial charge in [-0.2, -0.15) is 0 Å². The Labute approximate surface area is 187 Å². The molecule has 1 spiro atoms. The molecule has 0 aromatic carbocycles. The Morgan fingerprint density at radius 1 is 1.25 bits per heavy atom. The molecule has 0 radical (unpaired) electrons. The maximum Gasteiger partial charge on any atom is 0.227 e. The van der Waals surface area contributed by atoms with E-state index in [0.29, 0.717) is 50.9 Å². The summed E-state index contributed by atoms with van der Waals surface area (Å²) in [6.45, 7) is 10.2. The van der Waals surface area contributed by atoms with Crippen molar-refractivity contribution in [1.82, 2.24) is 30.4 Å². The highest BCUT2D eigenvalue weighted by Crippen LogP contribution is 2.33. The van der Waals surface area contributed by atoms with Gasteiger partial charge in [0, 0.05) is 18.5 Å². The van der Waals surface area contributed by atoms with Crippen LogP contribution in [0, 0.1) is 19.8 Å². The van der Waals surface area contributed by atoms with Gasteiger partial charge in [-0.3, -0.25) is 9.59 Å². The van der Waals surface area contributed by atoms with Crippen LogP contribution in [0.5, 0.6) is 0 Å². The molecular formula is C22H32N6O4. The van der Waals surface area contributed by atoms with Crippen molar-refractivity contribution >= 4 is 11.8 Å². The third-order valence-electron chi connectivity index (χ3n) is 6.32. The molecule has 1 N–H and O–H groups in total. The van der Waals surface area contributed by atoms with Gasteiger partial charge in [-0.05, 0) is 32.6 Å². The Kier molecular flexibility index (Phi) is 6.32. The van der Waals surface area contributed by atoms with Crippen molar-refractivity contribution in [1.29, 1.82) is 0 Å². The molecule has 4 rings (SSSR count). The molecular weight excluding hydrogens is 412 g/mol. The summed E-state index contributed by atoms with van der Waals surface area (Å²) in [6.07, 6.45) is 2.50. The summed E-state index contributed by atoms with van der Waals surface area (Å²) < 4.78 is 13.4. The minimum absolute atomic E-state index is 0.00896. The Bertz CT molecular complexity index is 977. The van der Waals surface area contributed by atoms with Gasteiger partial charge >= 0.3 is 0 Å². The lowest BCUT2D eigenvalue weighted by Crippen LogP contribution is -2.56. The van der Waals surface area contributed by atoms with E-state index in [2.05, 4.69) is 20.8 Å². The van der Waals surface area contributed by atoms with Crippen LogP contribution in [-0.2, 0) is 40.4 Å². The van der Waals surface area contributed by atoms with Gasteiger partial charge in [-0.15, -0.1) is 5.10 Å². The highest BCUT2D eigenvalue weighted by molar-refractivity contribution is 5.79. The molecule has 2 aliphatic heterocycles. The summed E-state index contributed by atoms with van der Waals surface area (Å²) in [5.41, 5.74) is 2.78. The second kappa shape index (κ2) is 9.01. The molecule has 32 heavy (non-hydrogen) atoms. The number of fused-ring (bicyclic) bond motifs is 1. The zero-order valence-corrected chi connectivity index (χ0v) is 19.3. The van der Waals surface area contributed by atoms with Gasteiger partial charge < -0.3 is 19.5 Å². The summed E-state index contributed by atoms with van der Waals surface area (Å²) in [5, 5.41) is 15.4. The van der Waals surface area contributed by atoms with Gasteiger partial charge in [0.25, 0.3) is 0 Å². The number of carbonyl (C=O) groups is 2. The molecule has 2 amide bonds. The number of nitrogens with zero attached hydrogens (tertiary/aromatic N) is 5. The maximum absolute atomic E-state index is 13.0. The monoisotopic (exact) mass is 444 g/mol. The van der Waals surface area contributed by atoms with Crippen molar-refractivity contribution in [2.45, 2.75) is 78.7 Å². The number of carbonyl (C=O) groups excluding carboxylic acids is 2. The van der Waals surface area contributed by atoms with Crippen molar-refractivity contribution in [2.24, 2.45) is 5.92 Å². The van der Waals surface area contributed by atoms with E-state index in [0.717, 1.165) is 35.5 Å². The second-order valence-corrected chi connectivity index (χ2v) is 9.39. The first kappa shape index (κ1) is 22.4. The van der Waals surface area contributed by atoms with Crippen molar-refractivity contribution < 1.29 is 18.8 Å². The number of amides is 2. The minimum Gasteiger partial charge on any atom is -0.365 e. The number of hydrogen-bond acceptors (Lipinski definition) is 7. The summed E-state index contributed by atoms with van der Waals surface area (Å²) in [4.78, 5) is 26.8. The molecule has 2 aromatic heterocycles. The van der Waals surface area contributed by atoms with Gasteiger partial charge in [0.15, 0.2) is 0 Å². The fourth-order valence-electron chi connectivity index (χ4n) is 4.53. The average Bonchev–Trinajstić information content (AvgIpc) is 3.29. The summed E-state index contributed by atoms with van der Waals surface area (Å²) in [5.74, 6) is 1.06. The van der Waals surface area contributed by atoms with E-state index in [1.54, 1.807) is 0 Å². The number of nitrogens with one attached hydrogen (secondary N) is 1. The Morgan fingerprint density at radius 2 is 2.06 bits per heavy atom. The lowest BCUT2D eigenvalue weighted by atomic mass is 9.90. The number of ether oxygens (including phenoxy) is 1. The van der Waals surface area contributed by atoms with Crippen molar-refractivity contribution in [3.63, 3.8) is 0 Å². The number of hydrogen-bond donors (Lipinski definition) is 1. The largest absolute Gasteiger partial charge is 0.365 e. The van der Waals surface area contributed by atoms with Crippen LogP contribution in [-0.4, -0.2) is 55.6 Å².